The number of aryl methyl sites for hydroxylation is 1. The van der Waals surface area contributed by atoms with Crippen molar-refractivity contribution in [3.63, 3.8) is 0 Å². The molecule has 0 aliphatic rings. The van der Waals surface area contributed by atoms with E-state index >= 15 is 0 Å². The zero-order valence-electron chi connectivity index (χ0n) is 8.63. The van der Waals surface area contributed by atoms with Gasteiger partial charge in [0.1, 0.15) is 0 Å². The lowest BCUT2D eigenvalue weighted by Gasteiger charge is -1.94. The molecule has 1 N–H and O–H groups in total. The first-order valence-corrected chi connectivity index (χ1v) is 5.59. The molecule has 0 bridgehead atoms. The van der Waals surface area contributed by atoms with Gasteiger partial charge in [-0.15, -0.1) is 10.2 Å². The number of hydrogen-bond donors (Lipinski definition) is 1. The predicted molar refractivity (Wildman–Crippen MR) is 61.2 cm³/mol. The molecule has 0 saturated carbocycles. The first kappa shape index (κ1) is 11.7. The van der Waals surface area contributed by atoms with Crippen LogP contribution in [0.5, 0.6) is 0 Å². The third-order valence-electron chi connectivity index (χ3n) is 1.97. The van der Waals surface area contributed by atoms with Gasteiger partial charge in [0.2, 0.25) is 11.8 Å². The topological polar surface area (TPSA) is 89.1 Å². The van der Waals surface area contributed by atoms with Crippen LogP contribution in [-0.2, 0) is 11.2 Å². The van der Waals surface area contributed by atoms with Gasteiger partial charge in [-0.2, -0.15) is 0 Å². The summed E-state index contributed by atoms with van der Waals surface area (Å²) in [5.74, 6) is -0.254. The maximum absolute atomic E-state index is 10.4. The molecule has 0 radical (unpaired) electrons. The highest BCUT2D eigenvalue weighted by Gasteiger charge is 2.10. The van der Waals surface area contributed by atoms with Gasteiger partial charge in [-0.1, -0.05) is 0 Å². The Balaban J connectivity index is 2.15. The van der Waals surface area contributed by atoms with Gasteiger partial charge in [-0.05, 0) is 22.0 Å². The molecule has 0 amide bonds. The van der Waals surface area contributed by atoms with Crippen LogP contribution in [0, 0.1) is 0 Å². The first-order valence-electron chi connectivity index (χ1n) is 4.80. The molecule has 2 heterocycles. The molecular weight excluding hydrogens is 290 g/mol. The lowest BCUT2D eigenvalue weighted by atomic mass is 10.3. The number of carboxylic acids is 1. The van der Waals surface area contributed by atoms with E-state index in [0.717, 1.165) is 4.47 Å². The Labute approximate surface area is 105 Å². The first-order chi connectivity index (χ1) is 8.15. The summed E-state index contributed by atoms with van der Waals surface area (Å²) in [6.45, 7) is 0. The minimum absolute atomic E-state index is 0.0294. The van der Waals surface area contributed by atoms with Crippen molar-refractivity contribution >= 4 is 21.9 Å². The normalized spacial score (nSPS) is 10.4. The van der Waals surface area contributed by atoms with Gasteiger partial charge in [0.05, 0.1) is 12.0 Å². The molecule has 2 rings (SSSR count). The molecule has 88 valence electrons. The van der Waals surface area contributed by atoms with Gasteiger partial charge in [-0.25, -0.2) is 0 Å². The van der Waals surface area contributed by atoms with Crippen LogP contribution in [0.2, 0.25) is 0 Å². The van der Waals surface area contributed by atoms with E-state index in [1.807, 2.05) is 0 Å². The van der Waals surface area contributed by atoms with E-state index in [2.05, 4.69) is 31.1 Å². The molecule has 0 aromatic carbocycles. The molecule has 0 aliphatic heterocycles. The zero-order valence-corrected chi connectivity index (χ0v) is 10.2. The molecule has 2 aromatic rings. The van der Waals surface area contributed by atoms with Crippen LogP contribution in [0.1, 0.15) is 12.3 Å². The fourth-order valence-corrected chi connectivity index (χ4v) is 1.58. The number of nitrogens with zero attached hydrogens (tertiary/aromatic N) is 3. The van der Waals surface area contributed by atoms with E-state index < -0.39 is 5.97 Å². The summed E-state index contributed by atoms with van der Waals surface area (Å²) < 4.78 is 6.13. The molecule has 0 spiro atoms. The summed E-state index contributed by atoms with van der Waals surface area (Å²) in [4.78, 5) is 14.4. The SMILES string of the molecule is O=C(O)CCc1nnc(-c2cncc(Br)c2)o1. The number of aliphatic carboxylic acids is 1. The van der Waals surface area contributed by atoms with Crippen molar-refractivity contribution in [2.45, 2.75) is 12.8 Å². The van der Waals surface area contributed by atoms with Crippen molar-refractivity contribution in [3.05, 3.63) is 28.8 Å². The number of carboxylic acid groups (broad SMARTS) is 1. The fraction of sp³-hybridized carbons (Fsp3) is 0.200. The lowest BCUT2D eigenvalue weighted by Crippen LogP contribution is -1.97. The van der Waals surface area contributed by atoms with Crippen molar-refractivity contribution < 1.29 is 14.3 Å². The van der Waals surface area contributed by atoms with Crippen molar-refractivity contribution in [1.29, 1.82) is 0 Å². The Hall–Kier alpha value is -1.76. The monoisotopic (exact) mass is 297 g/mol. The summed E-state index contributed by atoms with van der Waals surface area (Å²) in [5.41, 5.74) is 0.688. The second kappa shape index (κ2) is 5.05. The van der Waals surface area contributed by atoms with Gasteiger partial charge in [0.15, 0.2) is 0 Å². The maximum Gasteiger partial charge on any atom is 0.303 e. The molecular formula is C10H8BrN3O3. The van der Waals surface area contributed by atoms with E-state index in [1.165, 1.54) is 0 Å². The smallest absolute Gasteiger partial charge is 0.303 e. The lowest BCUT2D eigenvalue weighted by molar-refractivity contribution is -0.137. The zero-order chi connectivity index (χ0) is 12.3. The van der Waals surface area contributed by atoms with E-state index in [0.29, 0.717) is 17.3 Å². The summed E-state index contributed by atoms with van der Waals surface area (Å²) in [6, 6.07) is 1.79. The molecule has 0 atom stereocenters. The van der Waals surface area contributed by atoms with Crippen molar-refractivity contribution in [2.75, 3.05) is 0 Å². The Morgan fingerprint density at radius 3 is 2.94 bits per heavy atom. The summed E-state index contributed by atoms with van der Waals surface area (Å²) in [5, 5.41) is 16.1. The highest BCUT2D eigenvalue weighted by Crippen LogP contribution is 2.20. The Morgan fingerprint density at radius 1 is 1.41 bits per heavy atom. The van der Waals surface area contributed by atoms with E-state index in [9.17, 15) is 4.79 Å². The average molecular weight is 298 g/mol. The van der Waals surface area contributed by atoms with Crippen LogP contribution >= 0.6 is 15.9 Å². The molecule has 17 heavy (non-hydrogen) atoms. The maximum atomic E-state index is 10.4. The number of halogens is 1. The molecule has 0 fully saturated rings. The van der Waals surface area contributed by atoms with Crippen LogP contribution in [0.4, 0.5) is 0 Å². The number of pyridine rings is 1. The number of aromatic nitrogens is 3. The standard InChI is InChI=1S/C10H8BrN3O3/c11-7-3-6(4-12-5-7)10-14-13-8(17-10)1-2-9(15)16/h3-5H,1-2H2,(H,15,16). The average Bonchev–Trinajstić information content (AvgIpc) is 2.75. The Morgan fingerprint density at radius 2 is 2.24 bits per heavy atom. The quantitative estimate of drug-likeness (QED) is 0.927. The van der Waals surface area contributed by atoms with Gasteiger partial charge < -0.3 is 9.52 Å². The van der Waals surface area contributed by atoms with Gasteiger partial charge in [0, 0.05) is 23.3 Å². The molecule has 0 saturated heterocycles. The van der Waals surface area contributed by atoms with Crippen LogP contribution in [-0.4, -0.2) is 26.3 Å². The summed E-state index contributed by atoms with van der Waals surface area (Å²) in [7, 11) is 0. The second-order valence-electron chi connectivity index (χ2n) is 3.29. The number of hydrogen-bond acceptors (Lipinski definition) is 5. The van der Waals surface area contributed by atoms with Crippen molar-refractivity contribution in [3.8, 4) is 11.5 Å². The van der Waals surface area contributed by atoms with Gasteiger partial charge in [-0.3, -0.25) is 9.78 Å². The fourth-order valence-electron chi connectivity index (χ4n) is 1.21. The molecule has 2 aromatic heterocycles. The van der Waals surface area contributed by atoms with Crippen LogP contribution in [0.3, 0.4) is 0 Å². The number of carbonyl (C=O) groups is 1. The van der Waals surface area contributed by atoms with Gasteiger partial charge >= 0.3 is 5.97 Å². The Bertz CT molecular complexity index is 541. The number of rotatable bonds is 4. The summed E-state index contributed by atoms with van der Waals surface area (Å²) in [6.07, 6.45) is 3.44. The van der Waals surface area contributed by atoms with Crippen LogP contribution < -0.4 is 0 Å². The van der Waals surface area contributed by atoms with E-state index in [1.54, 1.807) is 18.5 Å². The van der Waals surface area contributed by atoms with Crippen LogP contribution in [0.15, 0.2) is 27.3 Å². The molecule has 0 aliphatic carbocycles. The minimum atomic E-state index is -0.895. The van der Waals surface area contributed by atoms with E-state index in [-0.39, 0.29) is 12.8 Å². The third-order valence-corrected chi connectivity index (χ3v) is 2.41. The highest BCUT2D eigenvalue weighted by atomic mass is 79.9. The van der Waals surface area contributed by atoms with E-state index in [4.69, 9.17) is 9.52 Å². The molecule has 6 nitrogen and oxygen atoms in total. The summed E-state index contributed by atoms with van der Waals surface area (Å²) >= 11 is 3.29. The third kappa shape index (κ3) is 3.10. The highest BCUT2D eigenvalue weighted by molar-refractivity contribution is 9.10. The Kier molecular flexibility index (Phi) is 3.48. The molecule has 0 unspecified atom stereocenters. The van der Waals surface area contributed by atoms with Crippen molar-refractivity contribution in [1.82, 2.24) is 15.2 Å². The predicted octanol–water partition coefficient (Wildman–Crippen LogP) is 1.91. The molecule has 7 heteroatoms. The minimum Gasteiger partial charge on any atom is -0.481 e. The largest absolute Gasteiger partial charge is 0.481 e. The second-order valence-corrected chi connectivity index (χ2v) is 4.20. The van der Waals surface area contributed by atoms with Crippen LogP contribution in [0.25, 0.3) is 11.5 Å². The van der Waals surface area contributed by atoms with Gasteiger partial charge in [0.25, 0.3) is 0 Å². The van der Waals surface area contributed by atoms with Crippen molar-refractivity contribution in [2.24, 2.45) is 0 Å².